The van der Waals surface area contributed by atoms with Crippen LogP contribution in [0.2, 0.25) is 0 Å². The van der Waals surface area contributed by atoms with Gasteiger partial charge in [-0.25, -0.2) is 0 Å². The van der Waals surface area contributed by atoms with Gasteiger partial charge in [0, 0.05) is 26.2 Å². The maximum absolute atomic E-state index is 11.6. The highest BCUT2D eigenvalue weighted by Gasteiger charge is 2.20. The number of halogens is 1. The Morgan fingerprint density at radius 3 is 2.89 bits per heavy atom. The first kappa shape index (κ1) is 14.5. The molecule has 0 unspecified atom stereocenters. The summed E-state index contributed by atoms with van der Waals surface area (Å²) in [6.07, 6.45) is 1.92. The van der Waals surface area contributed by atoms with Crippen LogP contribution in [0.15, 0.2) is 4.47 Å². The van der Waals surface area contributed by atoms with E-state index in [1.54, 1.807) is 0 Å². The molecule has 1 aromatic rings. The maximum Gasteiger partial charge on any atom is 0.234 e. The zero-order chi connectivity index (χ0) is 13.8. The molecule has 0 saturated carbocycles. The van der Waals surface area contributed by atoms with Gasteiger partial charge in [0.05, 0.1) is 22.4 Å². The second-order valence-corrected chi connectivity index (χ2v) is 5.58. The summed E-state index contributed by atoms with van der Waals surface area (Å²) in [4.78, 5) is 13.8. The van der Waals surface area contributed by atoms with Gasteiger partial charge in [0.25, 0.3) is 0 Å². The lowest BCUT2D eigenvalue weighted by Crippen LogP contribution is -2.33. The zero-order valence-corrected chi connectivity index (χ0v) is 13.2. The highest BCUT2D eigenvalue weighted by molar-refractivity contribution is 9.10. The number of rotatable bonds is 4. The monoisotopic (exact) mass is 328 g/mol. The van der Waals surface area contributed by atoms with Gasteiger partial charge in [-0.15, -0.1) is 0 Å². The van der Waals surface area contributed by atoms with Crippen molar-refractivity contribution in [3.05, 3.63) is 15.9 Å². The van der Waals surface area contributed by atoms with Crippen LogP contribution in [0.1, 0.15) is 31.7 Å². The van der Waals surface area contributed by atoms with Crippen LogP contribution in [-0.4, -0.2) is 40.2 Å². The van der Waals surface area contributed by atoms with Crippen LogP contribution in [0, 0.1) is 0 Å². The van der Waals surface area contributed by atoms with Crippen molar-refractivity contribution < 1.29 is 4.79 Å². The first-order valence-electron chi connectivity index (χ1n) is 6.88. The fourth-order valence-electron chi connectivity index (χ4n) is 2.38. The van der Waals surface area contributed by atoms with Crippen LogP contribution in [0.5, 0.6) is 0 Å². The number of nitrogens with one attached hydrogen (secondary N) is 1. The van der Waals surface area contributed by atoms with E-state index in [2.05, 4.69) is 45.1 Å². The molecule has 0 radical (unpaired) electrons. The van der Waals surface area contributed by atoms with E-state index in [1.165, 1.54) is 5.69 Å². The number of aromatic nitrogens is 2. The quantitative estimate of drug-likeness (QED) is 0.912. The smallest absolute Gasteiger partial charge is 0.234 e. The minimum absolute atomic E-state index is 0.118. The second kappa shape index (κ2) is 6.52. The van der Waals surface area contributed by atoms with Gasteiger partial charge in [-0.1, -0.05) is 6.92 Å². The molecule has 0 spiro atoms. The lowest BCUT2D eigenvalue weighted by atomic mass is 10.3. The minimum atomic E-state index is 0.118. The Balaban J connectivity index is 2.17. The number of hydrogen-bond acceptors (Lipinski definition) is 3. The number of nitrogens with zero attached hydrogens (tertiary/aromatic N) is 3. The van der Waals surface area contributed by atoms with Gasteiger partial charge in [-0.05, 0) is 35.7 Å². The van der Waals surface area contributed by atoms with Crippen LogP contribution in [-0.2, 0) is 24.3 Å². The van der Waals surface area contributed by atoms with Gasteiger partial charge in [0.2, 0.25) is 5.91 Å². The SMILES string of the molecule is CCc1nn(CC)c(CN2CCCNC(=O)C2)c1Br. The molecular weight excluding hydrogens is 308 g/mol. The van der Waals surface area contributed by atoms with Crippen molar-refractivity contribution >= 4 is 21.8 Å². The van der Waals surface area contributed by atoms with Crippen molar-refractivity contribution in [3.63, 3.8) is 0 Å². The molecule has 1 fully saturated rings. The number of aryl methyl sites for hydroxylation is 2. The van der Waals surface area contributed by atoms with E-state index in [-0.39, 0.29) is 5.91 Å². The highest BCUT2D eigenvalue weighted by Crippen LogP contribution is 2.23. The second-order valence-electron chi connectivity index (χ2n) is 4.79. The first-order valence-corrected chi connectivity index (χ1v) is 7.68. The normalized spacial score (nSPS) is 17.3. The molecule has 1 aliphatic rings. The maximum atomic E-state index is 11.6. The van der Waals surface area contributed by atoms with E-state index in [0.29, 0.717) is 6.54 Å². The Bertz CT molecular complexity index is 458. The summed E-state index contributed by atoms with van der Waals surface area (Å²) in [5.41, 5.74) is 2.27. The summed E-state index contributed by atoms with van der Waals surface area (Å²) in [6, 6.07) is 0. The van der Waals surface area contributed by atoms with E-state index in [1.807, 2.05) is 4.68 Å². The summed E-state index contributed by atoms with van der Waals surface area (Å²) >= 11 is 3.65. The molecule has 1 aromatic heterocycles. The fraction of sp³-hybridized carbons (Fsp3) is 0.692. The molecule has 1 N–H and O–H groups in total. The molecule has 106 valence electrons. The molecule has 19 heavy (non-hydrogen) atoms. The standard InChI is InChI=1S/C13H21BrN4O/c1-3-10-13(14)11(18(4-2)16-10)8-17-7-5-6-15-12(19)9-17/h3-9H2,1-2H3,(H,15,19). The molecule has 0 aromatic carbocycles. The summed E-state index contributed by atoms with van der Waals surface area (Å²) in [5, 5.41) is 7.50. The molecule has 2 heterocycles. The van der Waals surface area contributed by atoms with Crippen LogP contribution < -0.4 is 5.32 Å². The van der Waals surface area contributed by atoms with E-state index >= 15 is 0 Å². The molecule has 5 nitrogen and oxygen atoms in total. The summed E-state index contributed by atoms with van der Waals surface area (Å²) in [6.45, 7) is 8.03. The molecule has 2 rings (SSSR count). The Kier molecular flexibility index (Phi) is 4.99. The topological polar surface area (TPSA) is 50.2 Å². The first-order chi connectivity index (χ1) is 9.15. The van der Waals surface area contributed by atoms with Gasteiger partial charge in [-0.2, -0.15) is 5.10 Å². The van der Waals surface area contributed by atoms with Crippen molar-refractivity contribution in [3.8, 4) is 0 Å². The third-order valence-corrected chi connectivity index (χ3v) is 4.32. The predicted molar refractivity (Wildman–Crippen MR) is 77.9 cm³/mol. The van der Waals surface area contributed by atoms with Gasteiger partial charge in [0.1, 0.15) is 0 Å². The van der Waals surface area contributed by atoms with Crippen LogP contribution in [0.4, 0.5) is 0 Å². The number of amides is 1. The Hall–Kier alpha value is -0.880. The van der Waals surface area contributed by atoms with Crippen molar-refractivity contribution in [1.82, 2.24) is 20.0 Å². The highest BCUT2D eigenvalue weighted by atomic mass is 79.9. The molecule has 0 aliphatic carbocycles. The molecule has 1 aliphatic heterocycles. The van der Waals surface area contributed by atoms with Crippen LogP contribution in [0.25, 0.3) is 0 Å². The predicted octanol–water partition coefficient (Wildman–Crippen LogP) is 1.55. The van der Waals surface area contributed by atoms with Gasteiger partial charge in [0.15, 0.2) is 0 Å². The Morgan fingerprint density at radius 1 is 1.42 bits per heavy atom. The van der Waals surface area contributed by atoms with Crippen LogP contribution in [0.3, 0.4) is 0 Å². The van der Waals surface area contributed by atoms with E-state index in [9.17, 15) is 4.79 Å². The summed E-state index contributed by atoms with van der Waals surface area (Å²) in [5.74, 6) is 0.118. The van der Waals surface area contributed by atoms with Crippen molar-refractivity contribution in [2.24, 2.45) is 0 Å². The lowest BCUT2D eigenvalue weighted by Gasteiger charge is -2.19. The molecule has 0 atom stereocenters. The van der Waals surface area contributed by atoms with Crippen molar-refractivity contribution in [1.29, 1.82) is 0 Å². The number of carbonyl (C=O) groups is 1. The Labute approximate surface area is 122 Å². The largest absolute Gasteiger partial charge is 0.355 e. The average Bonchev–Trinajstić information content (AvgIpc) is 2.57. The van der Waals surface area contributed by atoms with Gasteiger partial charge >= 0.3 is 0 Å². The third-order valence-electron chi connectivity index (χ3n) is 3.41. The van der Waals surface area contributed by atoms with Gasteiger partial charge < -0.3 is 5.32 Å². The molecular formula is C13H21BrN4O. The lowest BCUT2D eigenvalue weighted by molar-refractivity contribution is -0.121. The van der Waals surface area contributed by atoms with E-state index in [0.717, 1.165) is 49.2 Å². The zero-order valence-electron chi connectivity index (χ0n) is 11.6. The molecule has 0 bridgehead atoms. The molecule has 1 amide bonds. The van der Waals surface area contributed by atoms with Gasteiger partial charge in [-0.3, -0.25) is 14.4 Å². The van der Waals surface area contributed by atoms with E-state index in [4.69, 9.17) is 0 Å². The molecule has 6 heteroatoms. The number of carbonyl (C=O) groups excluding carboxylic acids is 1. The van der Waals surface area contributed by atoms with E-state index < -0.39 is 0 Å². The molecule has 1 saturated heterocycles. The van der Waals surface area contributed by atoms with Crippen LogP contribution >= 0.6 is 15.9 Å². The summed E-state index contributed by atoms with van der Waals surface area (Å²) < 4.78 is 3.13. The summed E-state index contributed by atoms with van der Waals surface area (Å²) in [7, 11) is 0. The third kappa shape index (κ3) is 3.36. The van der Waals surface area contributed by atoms with Crippen molar-refractivity contribution in [2.45, 2.75) is 39.8 Å². The number of hydrogen-bond donors (Lipinski definition) is 1. The fourth-order valence-corrected chi connectivity index (χ4v) is 3.07. The average molecular weight is 329 g/mol. The minimum Gasteiger partial charge on any atom is -0.355 e. The Morgan fingerprint density at radius 2 is 2.21 bits per heavy atom. The van der Waals surface area contributed by atoms with Crippen molar-refractivity contribution in [2.75, 3.05) is 19.6 Å².